The van der Waals surface area contributed by atoms with Crippen LogP contribution in [0, 0.1) is 0 Å². The molecular formula is C4H4N4O5S. The maximum Gasteiger partial charge on any atom is 0.434 e. The van der Waals surface area contributed by atoms with E-state index in [2.05, 4.69) is 10.1 Å². The first kappa shape index (κ1) is 10.1. The molecular weight excluding hydrogens is 216 g/mol. The van der Waals surface area contributed by atoms with E-state index in [0.29, 0.717) is 0 Å². The zero-order valence-electron chi connectivity index (χ0n) is 6.45. The van der Waals surface area contributed by atoms with Crippen LogP contribution in [0.4, 0.5) is 4.79 Å². The average molecular weight is 220 g/mol. The molecule has 0 unspecified atom stereocenters. The topological polar surface area (TPSA) is 145 Å². The van der Waals surface area contributed by atoms with E-state index in [1.807, 2.05) is 0 Å². The molecule has 0 spiro atoms. The summed E-state index contributed by atoms with van der Waals surface area (Å²) in [6, 6.07) is 0. The van der Waals surface area contributed by atoms with E-state index >= 15 is 0 Å². The third-order valence-corrected chi connectivity index (χ3v) is 1.77. The van der Waals surface area contributed by atoms with Gasteiger partial charge in [0, 0.05) is 0 Å². The van der Waals surface area contributed by atoms with Gasteiger partial charge in [-0.2, -0.15) is 4.98 Å². The molecule has 0 saturated heterocycles. The first-order valence-corrected chi connectivity index (χ1v) is 4.25. The molecule has 0 aliphatic rings. The molecule has 0 aromatic carbocycles. The summed E-state index contributed by atoms with van der Waals surface area (Å²) >= 11 is 0. The number of nitrogens with two attached hydrogens (primary N) is 1. The normalized spacial score (nSPS) is 10.4. The van der Waals surface area contributed by atoms with E-state index in [9.17, 15) is 18.0 Å². The highest BCUT2D eigenvalue weighted by Gasteiger charge is 2.19. The van der Waals surface area contributed by atoms with Crippen LogP contribution >= 0.6 is 0 Å². The van der Waals surface area contributed by atoms with Crippen molar-refractivity contribution >= 4 is 22.7 Å². The Hall–Kier alpha value is -1.97. The first-order chi connectivity index (χ1) is 6.43. The number of primary amides is 1. The Morgan fingerprint density at radius 2 is 2.00 bits per heavy atom. The number of hydrogen-bond acceptors (Lipinski definition) is 6. The van der Waals surface area contributed by atoms with Gasteiger partial charge in [0.25, 0.3) is 11.1 Å². The van der Waals surface area contributed by atoms with Crippen molar-refractivity contribution in [2.24, 2.45) is 5.73 Å². The Labute approximate surface area is 78.1 Å². The summed E-state index contributed by atoms with van der Waals surface area (Å²) in [4.78, 5) is 24.0. The summed E-state index contributed by atoms with van der Waals surface area (Å²) < 4.78 is 21.0. The van der Waals surface area contributed by atoms with E-state index in [1.54, 1.807) is 0 Å². The summed E-state index contributed by atoms with van der Waals surface area (Å²) in [5, 5.41) is 10.7. The van der Waals surface area contributed by atoms with Crippen molar-refractivity contribution in [2.75, 3.05) is 0 Å². The highest BCUT2D eigenvalue weighted by molar-refractivity contribution is 7.72. The third-order valence-electron chi connectivity index (χ3n) is 1.15. The SMILES string of the molecule is NC(=O)c1nc([SH](=O)=O)n(C(=O)O)n1. The molecule has 0 bridgehead atoms. The van der Waals surface area contributed by atoms with E-state index in [0.717, 1.165) is 0 Å². The Bertz CT molecular complexity index is 466. The van der Waals surface area contributed by atoms with Gasteiger partial charge in [0.2, 0.25) is 16.5 Å². The second-order valence-corrected chi connectivity index (χ2v) is 2.97. The van der Waals surface area contributed by atoms with Gasteiger partial charge < -0.3 is 10.8 Å². The van der Waals surface area contributed by atoms with Gasteiger partial charge in [-0.15, -0.1) is 9.78 Å². The standard InChI is InChI=1S/C4H4N4O5S/c5-1(9)2-6-3(14(12)13)8(7-2)4(10)11/h14H,(H2,5,9)(H,10,11). The van der Waals surface area contributed by atoms with Crippen molar-refractivity contribution in [1.29, 1.82) is 0 Å². The number of carbonyl (C=O) groups is 2. The van der Waals surface area contributed by atoms with Crippen molar-refractivity contribution in [2.45, 2.75) is 5.16 Å². The molecule has 0 aliphatic heterocycles. The van der Waals surface area contributed by atoms with Crippen molar-refractivity contribution in [3.05, 3.63) is 5.82 Å². The molecule has 10 heteroatoms. The van der Waals surface area contributed by atoms with Gasteiger partial charge in [-0.05, 0) is 0 Å². The van der Waals surface area contributed by atoms with Crippen LogP contribution in [0.2, 0.25) is 0 Å². The Balaban J connectivity index is 3.40. The molecule has 0 radical (unpaired) electrons. The van der Waals surface area contributed by atoms with Crippen LogP contribution < -0.4 is 5.73 Å². The number of rotatable bonds is 2. The predicted octanol–water partition coefficient (Wildman–Crippen LogP) is -2.13. The molecule has 1 aromatic heterocycles. The minimum absolute atomic E-state index is 0.0613. The van der Waals surface area contributed by atoms with Crippen LogP contribution in [0.1, 0.15) is 10.6 Å². The van der Waals surface area contributed by atoms with Crippen LogP contribution in [0.15, 0.2) is 5.16 Å². The summed E-state index contributed by atoms with van der Waals surface area (Å²) in [6.07, 6.45) is -1.67. The van der Waals surface area contributed by atoms with Crippen LogP contribution in [0.25, 0.3) is 0 Å². The van der Waals surface area contributed by atoms with Crippen molar-refractivity contribution in [3.8, 4) is 0 Å². The number of amides is 1. The lowest BCUT2D eigenvalue weighted by molar-refractivity contribution is 0.0990. The zero-order chi connectivity index (χ0) is 10.9. The summed E-state index contributed by atoms with van der Waals surface area (Å²) in [5.41, 5.74) is 4.73. The van der Waals surface area contributed by atoms with E-state index < -0.39 is 33.7 Å². The zero-order valence-corrected chi connectivity index (χ0v) is 7.34. The maximum absolute atomic E-state index is 10.5. The number of nitrogens with zero attached hydrogens (tertiary/aromatic N) is 3. The number of hydrogen-bond donors (Lipinski definition) is 3. The quantitative estimate of drug-likeness (QED) is 0.482. The molecule has 0 fully saturated rings. The van der Waals surface area contributed by atoms with Crippen LogP contribution in [0.5, 0.6) is 0 Å². The molecule has 9 nitrogen and oxygen atoms in total. The lowest BCUT2D eigenvalue weighted by Gasteiger charge is -1.89. The molecule has 0 saturated carbocycles. The van der Waals surface area contributed by atoms with Gasteiger partial charge >= 0.3 is 6.09 Å². The molecule has 1 amide bonds. The van der Waals surface area contributed by atoms with Crippen LogP contribution in [0.3, 0.4) is 0 Å². The largest absolute Gasteiger partial charge is 0.463 e. The lowest BCUT2D eigenvalue weighted by Crippen LogP contribution is -2.16. The number of carboxylic acid groups (broad SMARTS) is 1. The monoisotopic (exact) mass is 220 g/mol. The fraction of sp³-hybridized carbons (Fsp3) is 0. The molecule has 14 heavy (non-hydrogen) atoms. The van der Waals surface area contributed by atoms with Gasteiger partial charge in [-0.3, -0.25) is 4.79 Å². The van der Waals surface area contributed by atoms with Crippen molar-refractivity contribution in [1.82, 2.24) is 14.8 Å². The fourth-order valence-electron chi connectivity index (χ4n) is 0.655. The summed E-state index contributed by atoms with van der Waals surface area (Å²) in [5.74, 6) is -1.77. The molecule has 76 valence electrons. The minimum atomic E-state index is -3.25. The van der Waals surface area contributed by atoms with Gasteiger partial charge in [-0.1, -0.05) is 0 Å². The minimum Gasteiger partial charge on any atom is -0.463 e. The van der Waals surface area contributed by atoms with Gasteiger partial charge in [0.1, 0.15) is 0 Å². The van der Waals surface area contributed by atoms with Crippen molar-refractivity contribution in [3.63, 3.8) is 0 Å². The highest BCUT2D eigenvalue weighted by Crippen LogP contribution is 1.99. The molecule has 1 aromatic rings. The van der Waals surface area contributed by atoms with Crippen LogP contribution in [-0.4, -0.2) is 40.3 Å². The van der Waals surface area contributed by atoms with E-state index in [4.69, 9.17) is 10.8 Å². The fourth-order valence-corrected chi connectivity index (χ4v) is 1.12. The lowest BCUT2D eigenvalue weighted by atomic mass is 10.6. The number of aromatic nitrogens is 3. The van der Waals surface area contributed by atoms with E-state index in [-0.39, 0.29) is 4.68 Å². The molecule has 0 aliphatic carbocycles. The van der Waals surface area contributed by atoms with Crippen LogP contribution in [-0.2, 0) is 10.7 Å². The van der Waals surface area contributed by atoms with Crippen molar-refractivity contribution < 1.29 is 23.1 Å². The second-order valence-electron chi connectivity index (χ2n) is 2.05. The van der Waals surface area contributed by atoms with Gasteiger partial charge in [0.05, 0.1) is 0 Å². The molecule has 1 heterocycles. The second kappa shape index (κ2) is 3.41. The number of carbonyl (C=O) groups excluding carboxylic acids is 1. The summed E-state index contributed by atoms with van der Waals surface area (Å²) in [7, 11) is -3.25. The molecule has 1 rings (SSSR count). The molecule has 3 N–H and O–H groups in total. The summed E-state index contributed by atoms with van der Waals surface area (Å²) in [6.45, 7) is 0. The smallest absolute Gasteiger partial charge is 0.434 e. The first-order valence-electron chi connectivity index (χ1n) is 3.08. The third kappa shape index (κ3) is 1.69. The van der Waals surface area contributed by atoms with E-state index in [1.165, 1.54) is 0 Å². The Kier molecular flexibility index (Phi) is 2.47. The van der Waals surface area contributed by atoms with Gasteiger partial charge in [-0.25, -0.2) is 13.2 Å². The average Bonchev–Trinajstić information content (AvgIpc) is 2.47. The Morgan fingerprint density at radius 3 is 2.29 bits per heavy atom. The highest BCUT2D eigenvalue weighted by atomic mass is 32.2. The maximum atomic E-state index is 10.5. The predicted molar refractivity (Wildman–Crippen MR) is 40.5 cm³/mol. The number of thiol groups is 1. The Morgan fingerprint density at radius 1 is 1.43 bits per heavy atom. The molecule has 0 atom stereocenters. The van der Waals surface area contributed by atoms with Gasteiger partial charge in [0.15, 0.2) is 0 Å².